The van der Waals surface area contributed by atoms with Gasteiger partial charge in [0.15, 0.2) is 0 Å². The van der Waals surface area contributed by atoms with Gasteiger partial charge in [0.25, 0.3) is 0 Å². The Morgan fingerprint density at radius 3 is 2.86 bits per heavy atom. The average Bonchev–Trinajstić information content (AvgIpc) is 2.96. The smallest absolute Gasteiger partial charge is 0.247 e. The van der Waals surface area contributed by atoms with E-state index in [4.69, 9.17) is 0 Å². The number of halogens is 1. The Labute approximate surface area is 123 Å². The van der Waals surface area contributed by atoms with Crippen molar-refractivity contribution in [3.05, 3.63) is 65.7 Å². The van der Waals surface area contributed by atoms with Crippen LogP contribution < -0.4 is 0 Å². The Bertz CT molecular complexity index is 690. The topological polar surface area (TPSA) is 25.2 Å². The van der Waals surface area contributed by atoms with Crippen LogP contribution in [-0.2, 0) is 11.3 Å². The summed E-state index contributed by atoms with van der Waals surface area (Å²) >= 11 is 0. The maximum Gasteiger partial charge on any atom is 0.247 e. The molecule has 3 nitrogen and oxygen atoms in total. The first-order valence-electron chi connectivity index (χ1n) is 7.05. The van der Waals surface area contributed by atoms with E-state index in [0.29, 0.717) is 12.1 Å². The quantitative estimate of drug-likeness (QED) is 0.777. The van der Waals surface area contributed by atoms with Crippen LogP contribution in [0.3, 0.4) is 0 Å². The molecule has 0 saturated heterocycles. The van der Waals surface area contributed by atoms with Gasteiger partial charge in [-0.2, -0.15) is 0 Å². The molecule has 4 heteroatoms. The first kappa shape index (κ1) is 13.6. The lowest BCUT2D eigenvalue weighted by atomic mass is 10.1. The van der Waals surface area contributed by atoms with Gasteiger partial charge in [0, 0.05) is 36.6 Å². The third-order valence-electron chi connectivity index (χ3n) is 3.94. The largest absolute Gasteiger partial charge is 0.348 e. The van der Waals surface area contributed by atoms with Gasteiger partial charge in [0.05, 0.1) is 6.04 Å². The standard InChI is InChI=1S/C17H17FN2O/c1-13-16-7-4-10-19(16)11-12-20(13)17(21)9-8-14-5-2-3-6-15(14)18/h2-10,13H,11-12H2,1H3. The van der Waals surface area contributed by atoms with Gasteiger partial charge in [-0.1, -0.05) is 18.2 Å². The van der Waals surface area contributed by atoms with Crippen molar-refractivity contribution in [3.63, 3.8) is 0 Å². The molecule has 1 aliphatic heterocycles. The number of aromatic nitrogens is 1. The first-order chi connectivity index (χ1) is 10.2. The van der Waals surface area contributed by atoms with E-state index < -0.39 is 0 Å². The maximum atomic E-state index is 13.5. The zero-order valence-corrected chi connectivity index (χ0v) is 11.9. The summed E-state index contributed by atoms with van der Waals surface area (Å²) in [7, 11) is 0. The number of fused-ring (bicyclic) bond motifs is 1. The molecule has 2 heterocycles. The van der Waals surface area contributed by atoms with Crippen LogP contribution in [0.1, 0.15) is 24.2 Å². The van der Waals surface area contributed by atoms with Crippen molar-refractivity contribution < 1.29 is 9.18 Å². The number of benzene rings is 1. The van der Waals surface area contributed by atoms with Crippen LogP contribution >= 0.6 is 0 Å². The van der Waals surface area contributed by atoms with Gasteiger partial charge in [-0.15, -0.1) is 0 Å². The molecule has 0 N–H and O–H groups in total. The molecule has 1 aromatic heterocycles. The van der Waals surface area contributed by atoms with E-state index in [-0.39, 0.29) is 17.8 Å². The van der Waals surface area contributed by atoms with Crippen molar-refractivity contribution in [2.24, 2.45) is 0 Å². The molecular formula is C17H17FN2O. The molecule has 0 bridgehead atoms. The summed E-state index contributed by atoms with van der Waals surface area (Å²) in [5.41, 5.74) is 1.56. The maximum absolute atomic E-state index is 13.5. The van der Waals surface area contributed by atoms with Gasteiger partial charge in [-0.05, 0) is 31.2 Å². The number of carbonyl (C=O) groups is 1. The minimum atomic E-state index is -0.317. The highest BCUT2D eigenvalue weighted by molar-refractivity contribution is 5.92. The Hall–Kier alpha value is -2.36. The molecular weight excluding hydrogens is 267 g/mol. The fourth-order valence-corrected chi connectivity index (χ4v) is 2.75. The zero-order valence-electron chi connectivity index (χ0n) is 11.9. The SMILES string of the molecule is CC1c2cccn2CCN1C(=O)C=Cc1ccccc1F. The minimum Gasteiger partial charge on any atom is -0.348 e. The summed E-state index contributed by atoms with van der Waals surface area (Å²) < 4.78 is 15.7. The second-order valence-electron chi connectivity index (χ2n) is 5.19. The van der Waals surface area contributed by atoms with Crippen LogP contribution in [0.2, 0.25) is 0 Å². The van der Waals surface area contributed by atoms with Crippen LogP contribution in [0.4, 0.5) is 4.39 Å². The van der Waals surface area contributed by atoms with E-state index in [1.54, 1.807) is 18.2 Å². The summed E-state index contributed by atoms with van der Waals surface area (Å²) in [6.07, 6.45) is 5.02. The zero-order chi connectivity index (χ0) is 14.8. The molecule has 1 unspecified atom stereocenters. The van der Waals surface area contributed by atoms with E-state index in [2.05, 4.69) is 4.57 Å². The molecule has 0 saturated carbocycles. The van der Waals surface area contributed by atoms with Crippen LogP contribution in [0.5, 0.6) is 0 Å². The minimum absolute atomic E-state index is 0.0338. The third-order valence-corrected chi connectivity index (χ3v) is 3.94. The molecule has 108 valence electrons. The van der Waals surface area contributed by atoms with E-state index >= 15 is 0 Å². The van der Waals surface area contributed by atoms with Gasteiger partial charge in [0.1, 0.15) is 5.82 Å². The molecule has 1 aliphatic rings. The van der Waals surface area contributed by atoms with E-state index in [9.17, 15) is 9.18 Å². The van der Waals surface area contributed by atoms with Crippen LogP contribution in [0.25, 0.3) is 6.08 Å². The summed E-state index contributed by atoms with van der Waals surface area (Å²) in [4.78, 5) is 14.1. The van der Waals surface area contributed by atoms with Crippen molar-refractivity contribution in [3.8, 4) is 0 Å². The van der Waals surface area contributed by atoms with Gasteiger partial charge < -0.3 is 9.47 Å². The highest BCUT2D eigenvalue weighted by atomic mass is 19.1. The molecule has 21 heavy (non-hydrogen) atoms. The summed E-state index contributed by atoms with van der Waals surface area (Å²) in [6, 6.07) is 10.5. The Morgan fingerprint density at radius 1 is 1.24 bits per heavy atom. The fourth-order valence-electron chi connectivity index (χ4n) is 2.75. The van der Waals surface area contributed by atoms with E-state index in [1.165, 1.54) is 18.2 Å². The number of amides is 1. The molecule has 0 fully saturated rings. The monoisotopic (exact) mass is 284 g/mol. The third kappa shape index (κ3) is 2.61. The van der Waals surface area contributed by atoms with E-state index in [1.807, 2.05) is 30.2 Å². The number of rotatable bonds is 2. The Balaban J connectivity index is 1.76. The van der Waals surface area contributed by atoms with Gasteiger partial charge in [-0.3, -0.25) is 4.79 Å². The van der Waals surface area contributed by atoms with Gasteiger partial charge >= 0.3 is 0 Å². The van der Waals surface area contributed by atoms with E-state index in [0.717, 1.165) is 12.2 Å². The molecule has 3 rings (SSSR count). The highest BCUT2D eigenvalue weighted by Crippen LogP contribution is 2.25. The summed E-state index contributed by atoms with van der Waals surface area (Å²) in [5.74, 6) is -0.402. The van der Waals surface area contributed by atoms with Crippen molar-refractivity contribution >= 4 is 12.0 Å². The fraction of sp³-hybridized carbons (Fsp3) is 0.235. The lowest BCUT2D eigenvalue weighted by molar-refractivity contribution is -0.129. The number of nitrogens with zero attached hydrogens (tertiary/aromatic N) is 2. The molecule has 0 radical (unpaired) electrons. The second-order valence-corrected chi connectivity index (χ2v) is 5.19. The average molecular weight is 284 g/mol. The van der Waals surface area contributed by atoms with Crippen molar-refractivity contribution in [2.75, 3.05) is 6.54 Å². The molecule has 1 atom stereocenters. The lowest BCUT2D eigenvalue weighted by Gasteiger charge is -2.34. The number of hydrogen-bond donors (Lipinski definition) is 0. The Kier molecular flexibility index (Phi) is 3.60. The lowest BCUT2D eigenvalue weighted by Crippen LogP contribution is -2.39. The molecule has 0 spiro atoms. The molecule has 0 aliphatic carbocycles. The second kappa shape index (κ2) is 5.56. The number of hydrogen-bond acceptors (Lipinski definition) is 1. The summed E-state index contributed by atoms with van der Waals surface area (Å²) in [6.45, 7) is 3.48. The van der Waals surface area contributed by atoms with Crippen LogP contribution in [-0.4, -0.2) is 21.9 Å². The summed E-state index contributed by atoms with van der Waals surface area (Å²) in [5, 5.41) is 0. The molecule has 1 amide bonds. The van der Waals surface area contributed by atoms with Crippen molar-refractivity contribution in [2.45, 2.75) is 19.5 Å². The van der Waals surface area contributed by atoms with Gasteiger partial charge in [0.2, 0.25) is 5.91 Å². The van der Waals surface area contributed by atoms with Crippen molar-refractivity contribution in [1.29, 1.82) is 0 Å². The van der Waals surface area contributed by atoms with Crippen LogP contribution in [0.15, 0.2) is 48.7 Å². The highest BCUT2D eigenvalue weighted by Gasteiger charge is 2.25. The molecule has 1 aromatic carbocycles. The predicted molar refractivity (Wildman–Crippen MR) is 80.0 cm³/mol. The first-order valence-corrected chi connectivity index (χ1v) is 7.05. The van der Waals surface area contributed by atoms with Crippen LogP contribution in [0, 0.1) is 5.82 Å². The predicted octanol–water partition coefficient (Wildman–Crippen LogP) is 3.24. The molecule has 2 aromatic rings. The van der Waals surface area contributed by atoms with Crippen molar-refractivity contribution in [1.82, 2.24) is 9.47 Å². The van der Waals surface area contributed by atoms with Gasteiger partial charge in [-0.25, -0.2) is 4.39 Å². The number of carbonyl (C=O) groups excluding carboxylic acids is 1. The normalized spacial score (nSPS) is 18.0. The Morgan fingerprint density at radius 2 is 2.05 bits per heavy atom.